The number of carbonyl (C=O) groups is 5. The van der Waals surface area contributed by atoms with Crippen LogP contribution in [0.1, 0.15) is 81.7 Å². The summed E-state index contributed by atoms with van der Waals surface area (Å²) in [6, 6.07) is 20.8. The van der Waals surface area contributed by atoms with E-state index in [0.717, 1.165) is 78.1 Å². The Labute approximate surface area is 376 Å². The number of hydrogen-bond donors (Lipinski definition) is 3. The van der Waals surface area contributed by atoms with Crippen LogP contribution in [0.25, 0.3) is 11.3 Å². The fourth-order valence-electron chi connectivity index (χ4n) is 9.53. The minimum Gasteiger partial charge on any atom is -0.366 e. The van der Waals surface area contributed by atoms with Gasteiger partial charge in [0.2, 0.25) is 17.8 Å². The molecule has 65 heavy (non-hydrogen) atoms. The molecule has 0 radical (unpaired) electrons. The monoisotopic (exact) mass is 878 g/mol. The van der Waals surface area contributed by atoms with Crippen molar-refractivity contribution in [2.75, 3.05) is 48.3 Å². The third-order valence-corrected chi connectivity index (χ3v) is 13.1. The van der Waals surface area contributed by atoms with Crippen molar-refractivity contribution in [3.05, 3.63) is 125 Å². The molecule has 334 valence electrons. The number of imide groups is 2. The van der Waals surface area contributed by atoms with Crippen molar-refractivity contribution in [1.82, 2.24) is 35.0 Å². The molecule has 0 spiro atoms. The topological polar surface area (TPSA) is 173 Å². The van der Waals surface area contributed by atoms with Crippen molar-refractivity contribution in [2.24, 2.45) is 5.92 Å². The number of pyridine rings is 1. The SMILES string of the molecule is Cc1ccc(NC(=O)c2ccc(CN3CCC(CN4C(C)CN(c5cc6c(cc5F)C(=O)N(C5CCC(=O)NC5=O)C6=O)CC4C)CC3)cc2)cc1Nc1nccc(-c2cccnc2)n1. The molecule has 5 aromatic rings. The van der Waals surface area contributed by atoms with Crippen LogP contribution in [0.3, 0.4) is 0 Å². The highest BCUT2D eigenvalue weighted by Gasteiger charge is 2.46. The van der Waals surface area contributed by atoms with Gasteiger partial charge < -0.3 is 15.5 Å². The Hall–Kier alpha value is -6.91. The van der Waals surface area contributed by atoms with Gasteiger partial charge in [0.05, 0.1) is 22.5 Å². The Morgan fingerprint density at radius 1 is 0.877 bits per heavy atom. The van der Waals surface area contributed by atoms with Crippen LogP contribution >= 0.6 is 0 Å². The van der Waals surface area contributed by atoms with Crippen LogP contribution in [0.5, 0.6) is 0 Å². The number of amides is 5. The van der Waals surface area contributed by atoms with E-state index in [2.05, 4.69) is 54.5 Å². The van der Waals surface area contributed by atoms with Gasteiger partial charge in [-0.3, -0.25) is 49.0 Å². The number of benzene rings is 3. The lowest BCUT2D eigenvalue weighted by molar-refractivity contribution is -0.136. The number of piperazine rings is 1. The molecule has 3 aromatic carbocycles. The van der Waals surface area contributed by atoms with Crippen molar-refractivity contribution >= 4 is 52.5 Å². The Morgan fingerprint density at radius 3 is 2.32 bits per heavy atom. The summed E-state index contributed by atoms with van der Waals surface area (Å²) < 4.78 is 15.7. The van der Waals surface area contributed by atoms with Crippen LogP contribution in [0, 0.1) is 18.7 Å². The predicted molar refractivity (Wildman–Crippen MR) is 243 cm³/mol. The van der Waals surface area contributed by atoms with Gasteiger partial charge in [0.15, 0.2) is 0 Å². The summed E-state index contributed by atoms with van der Waals surface area (Å²) in [5.74, 6) is -2.36. The molecule has 3 unspecified atom stereocenters. The number of hydrogen-bond acceptors (Lipinski definition) is 12. The maximum atomic E-state index is 15.7. The van der Waals surface area contributed by atoms with Crippen LogP contribution < -0.4 is 20.9 Å². The van der Waals surface area contributed by atoms with Gasteiger partial charge in [0.1, 0.15) is 11.9 Å². The number of aromatic nitrogens is 3. The Balaban J connectivity index is 0.747. The van der Waals surface area contributed by atoms with E-state index in [1.807, 2.05) is 72.5 Å². The van der Waals surface area contributed by atoms with Gasteiger partial charge in [-0.25, -0.2) is 14.4 Å². The first-order valence-electron chi connectivity index (χ1n) is 22.2. The van der Waals surface area contributed by atoms with E-state index in [-0.39, 0.29) is 47.6 Å². The molecule has 3 fully saturated rings. The Morgan fingerprint density at radius 2 is 1.62 bits per heavy atom. The quantitative estimate of drug-likeness (QED) is 0.129. The third kappa shape index (κ3) is 9.22. The number of aryl methyl sites for hydroxylation is 1. The summed E-state index contributed by atoms with van der Waals surface area (Å²) in [7, 11) is 0. The number of piperidine rings is 2. The van der Waals surface area contributed by atoms with E-state index < -0.39 is 35.5 Å². The highest BCUT2D eigenvalue weighted by Crippen LogP contribution is 2.35. The highest BCUT2D eigenvalue weighted by molar-refractivity contribution is 6.23. The zero-order valence-corrected chi connectivity index (χ0v) is 36.6. The second-order valence-electron chi connectivity index (χ2n) is 17.6. The number of fused-ring (bicyclic) bond motifs is 1. The Kier molecular flexibility index (Phi) is 12.2. The molecule has 3 atom stereocenters. The summed E-state index contributed by atoms with van der Waals surface area (Å²) in [5, 5.41) is 8.51. The normalized spacial score (nSPS) is 20.8. The lowest BCUT2D eigenvalue weighted by atomic mass is 9.93. The van der Waals surface area contributed by atoms with E-state index >= 15 is 4.39 Å². The summed E-state index contributed by atoms with van der Waals surface area (Å²) in [6.45, 7) is 11.0. The lowest BCUT2D eigenvalue weighted by Crippen LogP contribution is -2.58. The number of likely N-dealkylation sites (tertiary alicyclic amines) is 1. The van der Waals surface area contributed by atoms with E-state index in [1.54, 1.807) is 18.6 Å². The molecule has 3 N–H and O–H groups in total. The van der Waals surface area contributed by atoms with Crippen molar-refractivity contribution in [3.8, 4) is 11.3 Å². The number of rotatable bonds is 11. The predicted octanol–water partition coefficient (Wildman–Crippen LogP) is 6.19. The van der Waals surface area contributed by atoms with Gasteiger partial charge in [-0.1, -0.05) is 18.2 Å². The summed E-state index contributed by atoms with van der Waals surface area (Å²) in [5.41, 5.74) is 6.02. The molecule has 3 saturated heterocycles. The molecule has 6 heterocycles. The summed E-state index contributed by atoms with van der Waals surface area (Å²) in [4.78, 5) is 85.2. The molecular formula is C49H51FN10O5. The van der Waals surface area contributed by atoms with Crippen LogP contribution in [0.2, 0.25) is 0 Å². The minimum atomic E-state index is -1.11. The molecule has 5 amide bonds. The maximum Gasteiger partial charge on any atom is 0.262 e. The minimum absolute atomic E-state index is 0.0144. The molecule has 0 saturated carbocycles. The average molecular weight is 879 g/mol. The zero-order valence-electron chi connectivity index (χ0n) is 36.6. The molecule has 9 rings (SSSR count). The molecule has 15 nitrogen and oxygen atoms in total. The molecule has 0 aliphatic carbocycles. The average Bonchev–Trinajstić information content (AvgIpc) is 3.53. The van der Waals surface area contributed by atoms with Gasteiger partial charge in [0.25, 0.3) is 17.7 Å². The molecular weight excluding hydrogens is 828 g/mol. The Bertz CT molecular complexity index is 2640. The third-order valence-electron chi connectivity index (χ3n) is 13.1. The fraction of sp³-hybridized carbons (Fsp3) is 0.347. The number of carbonyl (C=O) groups excluding carboxylic acids is 5. The largest absolute Gasteiger partial charge is 0.366 e. The van der Waals surface area contributed by atoms with E-state index in [4.69, 9.17) is 0 Å². The van der Waals surface area contributed by atoms with Crippen molar-refractivity contribution in [2.45, 2.75) is 71.1 Å². The number of nitrogens with zero attached hydrogens (tertiary/aromatic N) is 7. The standard InChI is InChI=1S/C49H51FN10O5/c1-29-6-11-36(21-41(29)55-49-52-18-14-40(54-49)35-5-4-17-51-24-35)53-45(62)34-9-7-32(8-10-34)27-57-19-15-33(16-20-57)28-59-30(2)25-58(26-31(59)3)43-23-38-37(22-39(43)50)47(64)60(48(38)65)42-12-13-44(61)56-46(42)63/h4-11,14,17-18,21-24,30-31,33,42H,12-13,15-16,19-20,25-28H2,1-3H3,(H,53,62)(H,52,54,55)(H,56,61,63). The maximum absolute atomic E-state index is 15.7. The smallest absolute Gasteiger partial charge is 0.262 e. The first kappa shape index (κ1) is 43.3. The second-order valence-corrected chi connectivity index (χ2v) is 17.6. The van der Waals surface area contributed by atoms with E-state index in [0.29, 0.717) is 36.2 Å². The van der Waals surface area contributed by atoms with Gasteiger partial charge in [0, 0.05) is 85.8 Å². The van der Waals surface area contributed by atoms with Crippen LogP contribution in [-0.2, 0) is 16.1 Å². The van der Waals surface area contributed by atoms with Crippen molar-refractivity contribution < 1.29 is 28.4 Å². The van der Waals surface area contributed by atoms with Gasteiger partial charge >= 0.3 is 0 Å². The molecule has 4 aliphatic rings. The fourth-order valence-corrected chi connectivity index (χ4v) is 9.53. The highest BCUT2D eigenvalue weighted by atomic mass is 19.1. The number of anilines is 4. The van der Waals surface area contributed by atoms with Crippen LogP contribution in [0.4, 0.5) is 27.4 Å². The van der Waals surface area contributed by atoms with Crippen LogP contribution in [0.15, 0.2) is 91.4 Å². The van der Waals surface area contributed by atoms with Crippen molar-refractivity contribution in [1.29, 1.82) is 0 Å². The first-order chi connectivity index (χ1) is 31.4. The van der Waals surface area contributed by atoms with E-state index in [1.165, 1.54) is 6.07 Å². The first-order valence-corrected chi connectivity index (χ1v) is 22.2. The van der Waals surface area contributed by atoms with Gasteiger partial charge in [-0.15, -0.1) is 0 Å². The summed E-state index contributed by atoms with van der Waals surface area (Å²) in [6.07, 6.45) is 7.32. The van der Waals surface area contributed by atoms with Gasteiger partial charge in [-0.05, 0) is 125 Å². The van der Waals surface area contributed by atoms with Gasteiger partial charge in [-0.2, -0.15) is 0 Å². The molecule has 2 aromatic heterocycles. The molecule has 16 heteroatoms. The summed E-state index contributed by atoms with van der Waals surface area (Å²) >= 11 is 0. The number of nitrogens with one attached hydrogen (secondary N) is 3. The number of halogens is 1. The molecule has 0 bridgehead atoms. The van der Waals surface area contributed by atoms with Crippen molar-refractivity contribution in [3.63, 3.8) is 0 Å². The van der Waals surface area contributed by atoms with Crippen LogP contribution in [-0.4, -0.2) is 110 Å². The zero-order chi connectivity index (χ0) is 45.4. The lowest BCUT2D eigenvalue weighted by Gasteiger charge is -2.47. The second kappa shape index (κ2) is 18.3. The van der Waals surface area contributed by atoms with E-state index in [9.17, 15) is 24.0 Å². The molecule has 4 aliphatic heterocycles.